The Morgan fingerprint density at radius 3 is 2.80 bits per heavy atom. The lowest BCUT2D eigenvalue weighted by Crippen LogP contribution is -2.28. The zero-order valence-electron chi connectivity index (χ0n) is 11.4. The van der Waals surface area contributed by atoms with Crippen molar-refractivity contribution in [2.45, 2.75) is 19.9 Å². The summed E-state index contributed by atoms with van der Waals surface area (Å²) in [5, 5.41) is 2.93. The topological polar surface area (TPSA) is 68.0 Å². The highest BCUT2D eigenvalue weighted by Gasteiger charge is 2.15. The lowest BCUT2D eigenvalue weighted by Gasteiger charge is -2.15. The van der Waals surface area contributed by atoms with Gasteiger partial charge in [0.2, 0.25) is 0 Å². The SMILES string of the molecule is Cc1c(N)cc(Br)cc1C(=O)NC(C)c1ccccn1. The number of hydrogen-bond acceptors (Lipinski definition) is 3. The summed E-state index contributed by atoms with van der Waals surface area (Å²) < 4.78 is 0.788. The van der Waals surface area contributed by atoms with Crippen LogP contribution in [0.2, 0.25) is 0 Å². The predicted molar refractivity (Wildman–Crippen MR) is 83.4 cm³/mol. The van der Waals surface area contributed by atoms with Crippen molar-refractivity contribution in [2.24, 2.45) is 0 Å². The van der Waals surface area contributed by atoms with Crippen LogP contribution in [0.3, 0.4) is 0 Å². The maximum Gasteiger partial charge on any atom is 0.252 e. The molecule has 2 aromatic rings. The van der Waals surface area contributed by atoms with Gasteiger partial charge in [-0.1, -0.05) is 22.0 Å². The Labute approximate surface area is 126 Å². The van der Waals surface area contributed by atoms with E-state index in [0.717, 1.165) is 15.7 Å². The number of aromatic nitrogens is 1. The minimum atomic E-state index is -0.164. The Hall–Kier alpha value is -1.88. The smallest absolute Gasteiger partial charge is 0.252 e. The van der Waals surface area contributed by atoms with Gasteiger partial charge in [0.25, 0.3) is 5.91 Å². The van der Waals surface area contributed by atoms with Gasteiger partial charge < -0.3 is 11.1 Å². The monoisotopic (exact) mass is 333 g/mol. The van der Waals surface area contributed by atoms with Gasteiger partial charge in [-0.3, -0.25) is 9.78 Å². The Morgan fingerprint density at radius 1 is 1.40 bits per heavy atom. The van der Waals surface area contributed by atoms with Crippen LogP contribution in [0, 0.1) is 6.92 Å². The first-order valence-electron chi connectivity index (χ1n) is 6.26. The molecule has 2 rings (SSSR count). The zero-order chi connectivity index (χ0) is 14.7. The number of nitrogens with one attached hydrogen (secondary N) is 1. The Balaban J connectivity index is 2.21. The van der Waals surface area contributed by atoms with Crippen LogP contribution in [0.1, 0.15) is 34.6 Å². The van der Waals surface area contributed by atoms with Gasteiger partial charge in [0.15, 0.2) is 0 Å². The van der Waals surface area contributed by atoms with Gasteiger partial charge >= 0.3 is 0 Å². The number of rotatable bonds is 3. The number of nitrogens with zero attached hydrogens (tertiary/aromatic N) is 1. The quantitative estimate of drug-likeness (QED) is 0.847. The van der Waals surface area contributed by atoms with Crippen molar-refractivity contribution >= 4 is 27.5 Å². The number of halogens is 1. The molecule has 5 heteroatoms. The van der Waals surface area contributed by atoms with Gasteiger partial charge in [0.1, 0.15) is 0 Å². The normalized spacial score (nSPS) is 11.9. The number of hydrogen-bond donors (Lipinski definition) is 2. The van der Waals surface area contributed by atoms with E-state index in [2.05, 4.69) is 26.2 Å². The summed E-state index contributed by atoms with van der Waals surface area (Å²) in [6, 6.07) is 9.02. The second-order valence-corrected chi connectivity index (χ2v) is 5.53. The second-order valence-electron chi connectivity index (χ2n) is 4.62. The molecule has 0 radical (unpaired) electrons. The molecule has 0 saturated heterocycles. The van der Waals surface area contributed by atoms with Crippen LogP contribution in [0.5, 0.6) is 0 Å². The van der Waals surface area contributed by atoms with Crippen LogP contribution < -0.4 is 11.1 Å². The standard InChI is InChI=1S/C15H16BrN3O/c1-9-12(7-11(16)8-13(9)17)15(20)19-10(2)14-5-3-4-6-18-14/h3-8,10H,17H2,1-2H3,(H,19,20). The first-order valence-corrected chi connectivity index (χ1v) is 7.05. The third-order valence-electron chi connectivity index (χ3n) is 3.14. The molecule has 0 aliphatic heterocycles. The molecule has 1 heterocycles. The molecule has 1 amide bonds. The van der Waals surface area contributed by atoms with Crippen LogP contribution in [0.25, 0.3) is 0 Å². The predicted octanol–water partition coefficient (Wildman–Crippen LogP) is 3.23. The Bertz CT molecular complexity index is 629. The van der Waals surface area contributed by atoms with Crippen LogP contribution in [0.4, 0.5) is 5.69 Å². The fraction of sp³-hybridized carbons (Fsp3) is 0.200. The number of carbonyl (C=O) groups is 1. The van der Waals surface area contributed by atoms with Crippen molar-refractivity contribution in [1.82, 2.24) is 10.3 Å². The number of nitrogens with two attached hydrogens (primary N) is 1. The number of anilines is 1. The van der Waals surface area contributed by atoms with Crippen molar-refractivity contribution in [2.75, 3.05) is 5.73 Å². The summed E-state index contributed by atoms with van der Waals surface area (Å²) in [6.07, 6.45) is 1.71. The highest BCUT2D eigenvalue weighted by Crippen LogP contribution is 2.23. The van der Waals surface area contributed by atoms with Crippen molar-refractivity contribution in [3.8, 4) is 0 Å². The molecule has 20 heavy (non-hydrogen) atoms. The van der Waals surface area contributed by atoms with Gasteiger partial charge in [-0.05, 0) is 43.7 Å². The highest BCUT2D eigenvalue weighted by molar-refractivity contribution is 9.10. The highest BCUT2D eigenvalue weighted by atomic mass is 79.9. The molecule has 0 fully saturated rings. The first kappa shape index (κ1) is 14.5. The maximum atomic E-state index is 12.3. The van der Waals surface area contributed by atoms with Crippen LogP contribution in [0.15, 0.2) is 41.0 Å². The van der Waals surface area contributed by atoms with E-state index in [-0.39, 0.29) is 11.9 Å². The molecule has 104 valence electrons. The molecule has 1 aromatic carbocycles. The number of nitrogen functional groups attached to an aromatic ring is 1. The van der Waals surface area contributed by atoms with E-state index in [1.807, 2.05) is 32.0 Å². The molecule has 0 saturated carbocycles. The molecule has 1 atom stereocenters. The Morgan fingerprint density at radius 2 is 2.15 bits per heavy atom. The molecule has 3 N–H and O–H groups in total. The number of pyridine rings is 1. The number of carbonyl (C=O) groups excluding carboxylic acids is 1. The van der Waals surface area contributed by atoms with Crippen molar-refractivity contribution in [1.29, 1.82) is 0 Å². The molecule has 0 spiro atoms. The third kappa shape index (κ3) is 3.17. The summed E-state index contributed by atoms with van der Waals surface area (Å²) in [6.45, 7) is 3.74. The maximum absolute atomic E-state index is 12.3. The number of amides is 1. The third-order valence-corrected chi connectivity index (χ3v) is 3.59. The van der Waals surface area contributed by atoms with E-state index in [4.69, 9.17) is 5.73 Å². The molecular formula is C15H16BrN3O. The van der Waals surface area contributed by atoms with E-state index in [1.165, 1.54) is 0 Å². The Kier molecular flexibility index (Phi) is 4.39. The lowest BCUT2D eigenvalue weighted by atomic mass is 10.1. The summed E-state index contributed by atoms with van der Waals surface area (Å²) in [4.78, 5) is 16.6. The van der Waals surface area contributed by atoms with Gasteiger partial charge in [-0.15, -0.1) is 0 Å². The molecule has 0 aliphatic carbocycles. The van der Waals surface area contributed by atoms with Gasteiger partial charge in [0, 0.05) is 21.9 Å². The van der Waals surface area contributed by atoms with Crippen molar-refractivity contribution in [3.05, 3.63) is 57.8 Å². The fourth-order valence-corrected chi connectivity index (χ4v) is 2.39. The lowest BCUT2D eigenvalue weighted by molar-refractivity contribution is 0.0938. The minimum Gasteiger partial charge on any atom is -0.398 e. The van der Waals surface area contributed by atoms with Gasteiger partial charge in [-0.2, -0.15) is 0 Å². The second kappa shape index (κ2) is 6.05. The zero-order valence-corrected chi connectivity index (χ0v) is 12.9. The molecule has 0 aliphatic rings. The van der Waals surface area contributed by atoms with Crippen LogP contribution >= 0.6 is 15.9 Å². The molecule has 0 bridgehead atoms. The van der Waals surface area contributed by atoms with E-state index in [0.29, 0.717) is 11.3 Å². The molecular weight excluding hydrogens is 318 g/mol. The van der Waals surface area contributed by atoms with E-state index in [1.54, 1.807) is 18.3 Å². The van der Waals surface area contributed by atoms with E-state index >= 15 is 0 Å². The fourth-order valence-electron chi connectivity index (χ4n) is 1.92. The largest absolute Gasteiger partial charge is 0.398 e. The molecule has 1 aromatic heterocycles. The summed E-state index contributed by atoms with van der Waals surface area (Å²) in [5.74, 6) is -0.159. The molecule has 1 unspecified atom stereocenters. The average Bonchev–Trinajstić information content (AvgIpc) is 2.43. The van der Waals surface area contributed by atoms with Crippen molar-refractivity contribution in [3.63, 3.8) is 0 Å². The summed E-state index contributed by atoms with van der Waals surface area (Å²) in [5.41, 5.74) is 8.64. The van der Waals surface area contributed by atoms with Crippen LogP contribution in [-0.2, 0) is 0 Å². The van der Waals surface area contributed by atoms with Gasteiger partial charge in [0.05, 0.1) is 11.7 Å². The number of benzene rings is 1. The van der Waals surface area contributed by atoms with Crippen LogP contribution in [-0.4, -0.2) is 10.9 Å². The summed E-state index contributed by atoms with van der Waals surface area (Å²) in [7, 11) is 0. The first-order chi connectivity index (χ1) is 9.49. The molecule has 4 nitrogen and oxygen atoms in total. The minimum absolute atomic E-state index is 0.159. The van der Waals surface area contributed by atoms with Crippen molar-refractivity contribution < 1.29 is 4.79 Å². The average molecular weight is 334 g/mol. The summed E-state index contributed by atoms with van der Waals surface area (Å²) >= 11 is 3.35. The van der Waals surface area contributed by atoms with E-state index < -0.39 is 0 Å². The van der Waals surface area contributed by atoms with E-state index in [9.17, 15) is 4.79 Å². The van der Waals surface area contributed by atoms with Gasteiger partial charge in [-0.25, -0.2) is 0 Å².